The summed E-state index contributed by atoms with van der Waals surface area (Å²) in [7, 11) is 1.55. The number of hydrogen-bond acceptors (Lipinski definition) is 5. The van der Waals surface area contributed by atoms with Gasteiger partial charge in [0.1, 0.15) is 11.8 Å². The van der Waals surface area contributed by atoms with Crippen molar-refractivity contribution in [2.24, 2.45) is 0 Å². The zero-order valence-electron chi connectivity index (χ0n) is 19.2. The normalized spacial score (nSPS) is 15.9. The molecule has 1 aromatic rings. The van der Waals surface area contributed by atoms with E-state index in [0.717, 1.165) is 19.3 Å². The van der Waals surface area contributed by atoms with Gasteiger partial charge in [0.05, 0.1) is 24.6 Å². The summed E-state index contributed by atoms with van der Waals surface area (Å²) < 4.78 is 11.2. The molecule has 0 aliphatic carbocycles. The SMILES string of the molecule is CCCCCCCCCCOC(=O)CC1C(=O)NCCN1C(=O)c1ccc(OC)c(Br)c1. The smallest absolute Gasteiger partial charge is 0.308 e. The summed E-state index contributed by atoms with van der Waals surface area (Å²) >= 11 is 3.38. The van der Waals surface area contributed by atoms with E-state index in [1.807, 2.05) is 0 Å². The molecule has 1 saturated heterocycles. The first kappa shape index (κ1) is 26.2. The van der Waals surface area contributed by atoms with Crippen molar-refractivity contribution in [1.29, 1.82) is 0 Å². The number of rotatable bonds is 13. The summed E-state index contributed by atoms with van der Waals surface area (Å²) in [6.45, 7) is 3.25. The minimum absolute atomic E-state index is 0.147. The number of carbonyl (C=O) groups is 3. The molecule has 1 aliphatic heterocycles. The Morgan fingerprint density at radius 3 is 2.47 bits per heavy atom. The number of halogens is 1. The van der Waals surface area contributed by atoms with Gasteiger partial charge in [-0.2, -0.15) is 0 Å². The van der Waals surface area contributed by atoms with Crippen molar-refractivity contribution in [2.45, 2.75) is 70.8 Å². The molecule has 0 radical (unpaired) electrons. The average molecular weight is 511 g/mol. The number of nitrogens with zero attached hydrogens (tertiary/aromatic N) is 1. The van der Waals surface area contributed by atoms with Crippen LogP contribution in [-0.2, 0) is 14.3 Å². The highest BCUT2D eigenvalue weighted by Crippen LogP contribution is 2.27. The Labute approximate surface area is 199 Å². The largest absolute Gasteiger partial charge is 0.496 e. The first-order valence-electron chi connectivity index (χ1n) is 11.6. The fourth-order valence-electron chi connectivity index (χ4n) is 3.76. The number of nitrogens with one attached hydrogen (secondary N) is 1. The highest BCUT2D eigenvalue weighted by Gasteiger charge is 2.35. The Bertz CT molecular complexity index is 771. The van der Waals surface area contributed by atoms with Gasteiger partial charge in [-0.15, -0.1) is 0 Å². The Hall–Kier alpha value is -2.09. The molecular weight excluding hydrogens is 476 g/mol. The van der Waals surface area contributed by atoms with Crippen molar-refractivity contribution in [3.63, 3.8) is 0 Å². The van der Waals surface area contributed by atoms with Crippen LogP contribution >= 0.6 is 15.9 Å². The number of amides is 2. The maximum absolute atomic E-state index is 13.0. The van der Waals surface area contributed by atoms with E-state index >= 15 is 0 Å². The van der Waals surface area contributed by atoms with Gasteiger partial charge in [-0.1, -0.05) is 51.9 Å². The summed E-state index contributed by atoms with van der Waals surface area (Å²) in [6.07, 6.45) is 9.15. The van der Waals surface area contributed by atoms with E-state index in [4.69, 9.17) is 9.47 Å². The monoisotopic (exact) mass is 510 g/mol. The maximum Gasteiger partial charge on any atom is 0.308 e. The molecule has 1 heterocycles. The molecule has 2 amide bonds. The van der Waals surface area contributed by atoms with Crippen molar-refractivity contribution >= 4 is 33.7 Å². The van der Waals surface area contributed by atoms with Crippen molar-refractivity contribution in [1.82, 2.24) is 10.2 Å². The van der Waals surface area contributed by atoms with Gasteiger partial charge >= 0.3 is 5.97 Å². The molecule has 1 atom stereocenters. The van der Waals surface area contributed by atoms with Crippen molar-refractivity contribution in [3.8, 4) is 5.75 Å². The van der Waals surface area contributed by atoms with Gasteiger partial charge in [0.2, 0.25) is 5.91 Å². The minimum Gasteiger partial charge on any atom is -0.496 e. The van der Waals surface area contributed by atoms with Gasteiger partial charge < -0.3 is 19.7 Å². The van der Waals surface area contributed by atoms with Crippen LogP contribution < -0.4 is 10.1 Å². The molecule has 1 N–H and O–H groups in total. The molecule has 2 rings (SSSR count). The molecule has 0 saturated carbocycles. The third kappa shape index (κ3) is 8.11. The lowest BCUT2D eigenvalue weighted by molar-refractivity contribution is -0.147. The van der Waals surface area contributed by atoms with E-state index in [1.54, 1.807) is 25.3 Å². The zero-order chi connectivity index (χ0) is 23.3. The van der Waals surface area contributed by atoms with Crippen molar-refractivity contribution < 1.29 is 23.9 Å². The quantitative estimate of drug-likeness (QED) is 0.312. The van der Waals surface area contributed by atoms with Crippen LogP contribution in [0.1, 0.15) is 75.1 Å². The predicted molar refractivity (Wildman–Crippen MR) is 127 cm³/mol. The molecule has 178 valence electrons. The number of carbonyl (C=O) groups excluding carboxylic acids is 3. The molecule has 1 aliphatic rings. The topological polar surface area (TPSA) is 84.9 Å². The Morgan fingerprint density at radius 2 is 1.81 bits per heavy atom. The average Bonchev–Trinajstić information content (AvgIpc) is 2.78. The third-order valence-corrected chi connectivity index (χ3v) is 6.23. The van der Waals surface area contributed by atoms with Crippen LogP contribution in [0.2, 0.25) is 0 Å². The minimum atomic E-state index is -0.872. The lowest BCUT2D eigenvalue weighted by Crippen LogP contribution is -2.57. The van der Waals surface area contributed by atoms with Gasteiger partial charge in [-0.25, -0.2) is 0 Å². The fraction of sp³-hybridized carbons (Fsp3) is 0.625. The highest BCUT2D eigenvalue weighted by molar-refractivity contribution is 9.10. The van der Waals surface area contributed by atoms with Crippen LogP contribution in [0.4, 0.5) is 0 Å². The third-order valence-electron chi connectivity index (χ3n) is 5.61. The summed E-state index contributed by atoms with van der Waals surface area (Å²) in [5.74, 6) is -0.479. The van der Waals surface area contributed by atoms with E-state index in [-0.39, 0.29) is 18.2 Å². The van der Waals surface area contributed by atoms with Gasteiger partial charge in [0.15, 0.2) is 0 Å². The van der Waals surface area contributed by atoms with E-state index in [0.29, 0.717) is 35.5 Å². The standard InChI is InChI=1S/C24H35BrN2O5/c1-3-4-5-6-7-8-9-10-15-32-22(28)17-20-23(29)26-13-14-27(20)24(30)18-11-12-21(31-2)19(25)16-18/h11-12,16,20H,3-10,13-15,17H2,1-2H3,(H,26,29). The van der Waals surface area contributed by atoms with Crippen molar-refractivity contribution in [2.75, 3.05) is 26.8 Å². The Kier molecular flexibility index (Phi) is 11.6. The molecule has 0 aromatic heterocycles. The molecule has 8 heteroatoms. The fourth-order valence-corrected chi connectivity index (χ4v) is 4.31. The van der Waals surface area contributed by atoms with E-state index in [1.165, 1.54) is 37.0 Å². The lowest BCUT2D eigenvalue weighted by Gasteiger charge is -2.34. The zero-order valence-corrected chi connectivity index (χ0v) is 20.7. The second-order valence-corrected chi connectivity index (χ2v) is 8.91. The summed E-state index contributed by atoms with van der Waals surface area (Å²) in [5, 5.41) is 2.74. The number of benzene rings is 1. The summed E-state index contributed by atoms with van der Waals surface area (Å²) in [5.41, 5.74) is 0.421. The van der Waals surface area contributed by atoms with Crippen LogP contribution in [0.5, 0.6) is 5.75 Å². The first-order valence-corrected chi connectivity index (χ1v) is 12.3. The Morgan fingerprint density at radius 1 is 1.12 bits per heavy atom. The first-order chi connectivity index (χ1) is 15.5. The number of esters is 1. The Balaban J connectivity index is 1.83. The molecule has 0 spiro atoms. The van der Waals surface area contributed by atoms with Crippen LogP contribution in [0.3, 0.4) is 0 Å². The molecule has 0 bridgehead atoms. The van der Waals surface area contributed by atoms with Crippen LogP contribution in [0, 0.1) is 0 Å². The van der Waals surface area contributed by atoms with Gasteiger partial charge in [-0.3, -0.25) is 14.4 Å². The second kappa shape index (κ2) is 14.1. The van der Waals surface area contributed by atoms with Crippen LogP contribution in [0.15, 0.2) is 22.7 Å². The predicted octanol–water partition coefficient (Wildman–Crippen LogP) is 4.47. The molecule has 7 nitrogen and oxygen atoms in total. The van der Waals surface area contributed by atoms with E-state index in [9.17, 15) is 14.4 Å². The van der Waals surface area contributed by atoms with Crippen LogP contribution in [0.25, 0.3) is 0 Å². The number of ether oxygens (including phenoxy) is 2. The van der Waals surface area contributed by atoms with Crippen molar-refractivity contribution in [3.05, 3.63) is 28.2 Å². The van der Waals surface area contributed by atoms with Gasteiger partial charge in [-0.05, 0) is 40.5 Å². The van der Waals surface area contributed by atoms with E-state index < -0.39 is 12.0 Å². The van der Waals surface area contributed by atoms with Gasteiger partial charge in [0, 0.05) is 18.7 Å². The van der Waals surface area contributed by atoms with E-state index in [2.05, 4.69) is 28.2 Å². The summed E-state index contributed by atoms with van der Waals surface area (Å²) in [6, 6.07) is 4.12. The summed E-state index contributed by atoms with van der Waals surface area (Å²) in [4.78, 5) is 39.3. The lowest BCUT2D eigenvalue weighted by atomic mass is 10.1. The number of methoxy groups -OCH3 is 1. The second-order valence-electron chi connectivity index (χ2n) is 8.05. The number of hydrogen-bond donors (Lipinski definition) is 1. The number of unbranched alkanes of at least 4 members (excludes halogenated alkanes) is 7. The highest BCUT2D eigenvalue weighted by atomic mass is 79.9. The number of piperazine rings is 1. The molecule has 1 unspecified atom stereocenters. The molecule has 1 aromatic carbocycles. The van der Waals surface area contributed by atoms with Gasteiger partial charge in [0.25, 0.3) is 5.91 Å². The van der Waals surface area contributed by atoms with Crippen LogP contribution in [-0.4, -0.2) is 55.5 Å². The molecular formula is C24H35BrN2O5. The maximum atomic E-state index is 13.0. The molecule has 32 heavy (non-hydrogen) atoms. The molecule has 1 fully saturated rings.